The molecule has 0 fully saturated rings. The zero-order chi connectivity index (χ0) is 8.81. The van der Waals surface area contributed by atoms with Crippen LogP contribution in [-0.4, -0.2) is 12.8 Å². The Kier molecular flexibility index (Phi) is 3.72. The molecule has 0 amide bonds. The quantitative estimate of drug-likeness (QED) is 0.522. The molecule has 0 spiro atoms. The van der Waals surface area contributed by atoms with E-state index in [0.29, 0.717) is 6.54 Å². The molecular formula is C10H11NS. The highest BCUT2D eigenvalue weighted by molar-refractivity contribution is 7.98. The summed E-state index contributed by atoms with van der Waals surface area (Å²) in [6.45, 7) is 0.419. The zero-order valence-corrected chi connectivity index (χ0v) is 7.82. The molecular weight excluding hydrogens is 166 g/mol. The van der Waals surface area contributed by atoms with E-state index in [1.165, 1.54) is 4.90 Å². The van der Waals surface area contributed by atoms with Gasteiger partial charge in [0.2, 0.25) is 0 Å². The van der Waals surface area contributed by atoms with Gasteiger partial charge in [-0.2, -0.15) is 0 Å². The molecule has 0 saturated carbocycles. The molecule has 12 heavy (non-hydrogen) atoms. The zero-order valence-electron chi connectivity index (χ0n) is 7.00. The fourth-order valence-electron chi connectivity index (χ4n) is 0.894. The fourth-order valence-corrected chi connectivity index (χ4v) is 1.45. The van der Waals surface area contributed by atoms with Gasteiger partial charge in [-0.05, 0) is 18.4 Å². The van der Waals surface area contributed by atoms with Gasteiger partial charge >= 0.3 is 0 Å². The first-order valence-electron chi connectivity index (χ1n) is 3.70. The van der Waals surface area contributed by atoms with Crippen LogP contribution in [0.3, 0.4) is 0 Å². The van der Waals surface area contributed by atoms with Gasteiger partial charge in [-0.3, -0.25) is 0 Å². The maximum atomic E-state index is 5.29. The second kappa shape index (κ2) is 4.87. The Balaban J connectivity index is 2.97. The summed E-state index contributed by atoms with van der Waals surface area (Å²) in [4.78, 5) is 1.21. The molecule has 0 aromatic heterocycles. The Bertz CT molecular complexity index is 309. The number of nitrogens with two attached hydrogens (primary N) is 1. The summed E-state index contributed by atoms with van der Waals surface area (Å²) in [5.74, 6) is 5.87. The number of hydrogen-bond donors (Lipinski definition) is 1. The van der Waals surface area contributed by atoms with Gasteiger partial charge in [0, 0.05) is 10.5 Å². The van der Waals surface area contributed by atoms with Crippen molar-refractivity contribution in [2.45, 2.75) is 4.90 Å². The third-order valence-corrected chi connectivity index (χ3v) is 2.23. The standard InChI is InChI=1S/C10H11NS/c1-12-10-7-3-2-5-9(10)6-4-8-11/h2-3,5,7H,8,11H2,1H3. The Morgan fingerprint density at radius 1 is 1.42 bits per heavy atom. The minimum absolute atomic E-state index is 0.419. The first-order valence-corrected chi connectivity index (χ1v) is 4.93. The van der Waals surface area contributed by atoms with Gasteiger partial charge in [-0.15, -0.1) is 11.8 Å². The van der Waals surface area contributed by atoms with Gasteiger partial charge in [0.25, 0.3) is 0 Å². The van der Waals surface area contributed by atoms with Crippen molar-refractivity contribution in [3.8, 4) is 11.8 Å². The lowest BCUT2D eigenvalue weighted by atomic mass is 10.2. The fraction of sp³-hybridized carbons (Fsp3) is 0.200. The van der Waals surface area contributed by atoms with Crippen molar-refractivity contribution < 1.29 is 0 Å². The summed E-state index contributed by atoms with van der Waals surface area (Å²) in [5.41, 5.74) is 6.35. The summed E-state index contributed by atoms with van der Waals surface area (Å²) >= 11 is 1.70. The van der Waals surface area contributed by atoms with Crippen LogP contribution in [0, 0.1) is 11.8 Å². The lowest BCUT2D eigenvalue weighted by molar-refractivity contribution is 1.30. The summed E-state index contributed by atoms with van der Waals surface area (Å²) in [5, 5.41) is 0. The molecule has 0 aliphatic rings. The van der Waals surface area contributed by atoms with Crippen molar-refractivity contribution in [1.82, 2.24) is 0 Å². The third kappa shape index (κ3) is 2.30. The smallest absolute Gasteiger partial charge is 0.0555 e. The summed E-state index contributed by atoms with van der Waals surface area (Å²) in [6.07, 6.45) is 2.04. The number of thioether (sulfide) groups is 1. The monoisotopic (exact) mass is 177 g/mol. The van der Waals surface area contributed by atoms with Crippen LogP contribution in [0.2, 0.25) is 0 Å². The number of hydrogen-bond acceptors (Lipinski definition) is 2. The van der Waals surface area contributed by atoms with E-state index in [9.17, 15) is 0 Å². The van der Waals surface area contributed by atoms with Crippen LogP contribution in [0.5, 0.6) is 0 Å². The SMILES string of the molecule is CSc1ccccc1C#CCN. The summed E-state index contributed by atoms with van der Waals surface area (Å²) in [7, 11) is 0. The maximum Gasteiger partial charge on any atom is 0.0555 e. The Morgan fingerprint density at radius 3 is 2.83 bits per heavy atom. The minimum atomic E-state index is 0.419. The average Bonchev–Trinajstić information content (AvgIpc) is 2.15. The van der Waals surface area contributed by atoms with Crippen LogP contribution in [0.1, 0.15) is 5.56 Å². The van der Waals surface area contributed by atoms with E-state index in [2.05, 4.69) is 17.9 Å². The van der Waals surface area contributed by atoms with Crippen LogP contribution in [0.15, 0.2) is 29.2 Å². The first kappa shape index (κ1) is 9.18. The van der Waals surface area contributed by atoms with Crippen LogP contribution in [0.4, 0.5) is 0 Å². The topological polar surface area (TPSA) is 26.0 Å². The lowest BCUT2D eigenvalue weighted by Crippen LogP contribution is -1.93. The van der Waals surface area contributed by atoms with Gasteiger partial charge < -0.3 is 5.73 Å². The van der Waals surface area contributed by atoms with E-state index in [4.69, 9.17) is 5.73 Å². The lowest BCUT2D eigenvalue weighted by Gasteiger charge is -1.97. The Labute approximate surface area is 77.4 Å². The molecule has 0 saturated heterocycles. The molecule has 0 unspecified atom stereocenters. The molecule has 0 radical (unpaired) electrons. The molecule has 2 heteroatoms. The summed E-state index contributed by atoms with van der Waals surface area (Å²) < 4.78 is 0. The molecule has 1 rings (SSSR count). The predicted octanol–water partition coefficient (Wildman–Crippen LogP) is 1.72. The van der Waals surface area contributed by atoms with Crippen molar-refractivity contribution in [1.29, 1.82) is 0 Å². The van der Waals surface area contributed by atoms with E-state index in [1.807, 2.05) is 24.5 Å². The minimum Gasteiger partial charge on any atom is -0.320 e. The molecule has 1 aromatic rings. The van der Waals surface area contributed by atoms with Gasteiger partial charge in [-0.1, -0.05) is 24.0 Å². The van der Waals surface area contributed by atoms with Crippen molar-refractivity contribution in [2.75, 3.05) is 12.8 Å². The highest BCUT2D eigenvalue weighted by Crippen LogP contribution is 2.18. The largest absolute Gasteiger partial charge is 0.320 e. The molecule has 1 aromatic carbocycles. The predicted molar refractivity (Wildman–Crippen MR) is 54.2 cm³/mol. The van der Waals surface area contributed by atoms with Crippen LogP contribution >= 0.6 is 11.8 Å². The van der Waals surface area contributed by atoms with E-state index in [0.717, 1.165) is 5.56 Å². The van der Waals surface area contributed by atoms with E-state index >= 15 is 0 Å². The van der Waals surface area contributed by atoms with Gasteiger partial charge in [-0.25, -0.2) is 0 Å². The molecule has 62 valence electrons. The average molecular weight is 177 g/mol. The van der Waals surface area contributed by atoms with Crippen molar-refractivity contribution in [3.63, 3.8) is 0 Å². The second-order valence-electron chi connectivity index (χ2n) is 2.21. The van der Waals surface area contributed by atoms with Crippen LogP contribution in [-0.2, 0) is 0 Å². The van der Waals surface area contributed by atoms with Crippen LogP contribution in [0.25, 0.3) is 0 Å². The number of benzene rings is 1. The second-order valence-corrected chi connectivity index (χ2v) is 3.05. The molecule has 2 N–H and O–H groups in total. The Morgan fingerprint density at radius 2 is 2.17 bits per heavy atom. The highest BCUT2D eigenvalue weighted by atomic mass is 32.2. The van der Waals surface area contributed by atoms with Crippen molar-refractivity contribution in [2.24, 2.45) is 5.73 Å². The normalized spacial score (nSPS) is 8.83. The maximum absolute atomic E-state index is 5.29. The molecule has 0 atom stereocenters. The van der Waals surface area contributed by atoms with Crippen molar-refractivity contribution in [3.05, 3.63) is 29.8 Å². The number of rotatable bonds is 1. The van der Waals surface area contributed by atoms with E-state index in [1.54, 1.807) is 11.8 Å². The van der Waals surface area contributed by atoms with Gasteiger partial charge in [0.1, 0.15) is 0 Å². The van der Waals surface area contributed by atoms with Crippen molar-refractivity contribution >= 4 is 11.8 Å². The molecule has 0 aliphatic carbocycles. The molecule has 1 nitrogen and oxygen atoms in total. The van der Waals surface area contributed by atoms with Crippen LogP contribution < -0.4 is 5.73 Å². The van der Waals surface area contributed by atoms with E-state index < -0.39 is 0 Å². The molecule has 0 aliphatic heterocycles. The van der Waals surface area contributed by atoms with Gasteiger partial charge in [0.15, 0.2) is 0 Å². The molecule has 0 bridgehead atoms. The summed E-state index contributed by atoms with van der Waals surface area (Å²) in [6, 6.07) is 8.07. The Hall–Kier alpha value is -0.910. The molecule has 0 heterocycles. The van der Waals surface area contributed by atoms with E-state index in [-0.39, 0.29) is 0 Å². The van der Waals surface area contributed by atoms with Gasteiger partial charge in [0.05, 0.1) is 6.54 Å². The first-order chi connectivity index (χ1) is 5.88. The highest BCUT2D eigenvalue weighted by Gasteiger charge is 1.94. The third-order valence-electron chi connectivity index (χ3n) is 1.43.